The first-order valence-electron chi connectivity index (χ1n) is 13.0. The summed E-state index contributed by atoms with van der Waals surface area (Å²) in [5.74, 6) is -1.01. The van der Waals surface area contributed by atoms with Gasteiger partial charge in [0.1, 0.15) is 0 Å². The highest BCUT2D eigenvalue weighted by Crippen LogP contribution is 2.37. The SMILES string of the molecule is Cc1ccc(CC2CN(CC(=O)N3CCOCC3)CCN2C(=O)c2cc(C(F)(F)F)cc(C(F)(F)F)c2)cc1C. The van der Waals surface area contributed by atoms with E-state index in [9.17, 15) is 35.9 Å². The van der Waals surface area contributed by atoms with Crippen LogP contribution in [0.4, 0.5) is 26.3 Å². The number of halogens is 6. The fraction of sp³-hybridized carbons (Fsp3) is 0.500. The van der Waals surface area contributed by atoms with Crippen molar-refractivity contribution in [3.8, 4) is 0 Å². The Bertz CT molecular complexity index is 1210. The van der Waals surface area contributed by atoms with E-state index < -0.39 is 41.0 Å². The maximum Gasteiger partial charge on any atom is 0.416 e. The quantitative estimate of drug-likeness (QED) is 0.494. The van der Waals surface area contributed by atoms with Crippen LogP contribution in [0, 0.1) is 13.8 Å². The first-order valence-corrected chi connectivity index (χ1v) is 13.0. The first-order chi connectivity index (χ1) is 18.7. The van der Waals surface area contributed by atoms with E-state index in [2.05, 4.69) is 0 Å². The molecule has 218 valence electrons. The summed E-state index contributed by atoms with van der Waals surface area (Å²) in [6.45, 7) is 6.32. The van der Waals surface area contributed by atoms with Crippen molar-refractivity contribution in [3.05, 3.63) is 69.8 Å². The van der Waals surface area contributed by atoms with E-state index >= 15 is 0 Å². The molecule has 0 N–H and O–H groups in total. The monoisotopic (exact) mass is 571 g/mol. The van der Waals surface area contributed by atoms with Crippen LogP contribution < -0.4 is 0 Å². The van der Waals surface area contributed by atoms with Gasteiger partial charge in [0.2, 0.25) is 5.91 Å². The lowest BCUT2D eigenvalue weighted by molar-refractivity contribution is -0.143. The van der Waals surface area contributed by atoms with E-state index in [1.165, 1.54) is 4.90 Å². The molecule has 0 saturated carbocycles. The molecule has 2 heterocycles. The zero-order valence-corrected chi connectivity index (χ0v) is 22.2. The lowest BCUT2D eigenvalue weighted by Crippen LogP contribution is -2.58. The molecule has 40 heavy (non-hydrogen) atoms. The summed E-state index contributed by atoms with van der Waals surface area (Å²) in [7, 11) is 0. The number of amides is 2. The number of carbonyl (C=O) groups excluding carboxylic acids is 2. The second kappa shape index (κ2) is 11.8. The molecule has 0 aromatic heterocycles. The van der Waals surface area contributed by atoms with Gasteiger partial charge in [-0.2, -0.15) is 26.3 Å². The van der Waals surface area contributed by atoms with Gasteiger partial charge in [-0.3, -0.25) is 14.5 Å². The Morgan fingerprint density at radius 3 is 2.05 bits per heavy atom. The van der Waals surface area contributed by atoms with Crippen molar-refractivity contribution in [2.75, 3.05) is 52.5 Å². The van der Waals surface area contributed by atoms with Crippen molar-refractivity contribution < 1.29 is 40.7 Å². The molecule has 1 unspecified atom stereocenters. The summed E-state index contributed by atoms with van der Waals surface area (Å²) in [4.78, 5) is 31.3. The minimum Gasteiger partial charge on any atom is -0.378 e. The lowest BCUT2D eigenvalue weighted by Gasteiger charge is -2.42. The van der Waals surface area contributed by atoms with Gasteiger partial charge in [0, 0.05) is 44.3 Å². The molecule has 2 aliphatic rings. The summed E-state index contributed by atoms with van der Waals surface area (Å²) in [5.41, 5.74) is -0.811. The van der Waals surface area contributed by atoms with E-state index in [0.29, 0.717) is 44.9 Å². The van der Waals surface area contributed by atoms with Crippen LogP contribution in [0.5, 0.6) is 0 Å². The second-order valence-corrected chi connectivity index (χ2v) is 10.3. The topological polar surface area (TPSA) is 53.1 Å². The van der Waals surface area contributed by atoms with Gasteiger partial charge in [0.15, 0.2) is 0 Å². The molecule has 2 fully saturated rings. The fourth-order valence-corrected chi connectivity index (χ4v) is 5.06. The molecular formula is C28H31F6N3O3. The number of hydrogen-bond donors (Lipinski definition) is 0. The number of morpholine rings is 1. The largest absolute Gasteiger partial charge is 0.416 e. The highest BCUT2D eigenvalue weighted by molar-refractivity contribution is 5.95. The number of nitrogens with zero attached hydrogens (tertiary/aromatic N) is 3. The Kier molecular flexibility index (Phi) is 8.79. The van der Waals surface area contributed by atoms with Crippen molar-refractivity contribution in [3.63, 3.8) is 0 Å². The van der Waals surface area contributed by atoms with E-state index in [1.807, 2.05) is 36.9 Å². The first kappa shape index (κ1) is 29.9. The summed E-state index contributed by atoms with van der Waals surface area (Å²) in [6.07, 6.45) is -9.80. The Morgan fingerprint density at radius 2 is 1.48 bits per heavy atom. The number of aryl methyl sites for hydroxylation is 2. The van der Waals surface area contributed by atoms with Gasteiger partial charge in [0.25, 0.3) is 5.91 Å². The van der Waals surface area contributed by atoms with Gasteiger partial charge < -0.3 is 14.5 Å². The number of alkyl halides is 6. The normalized spacial score (nSPS) is 19.1. The zero-order valence-electron chi connectivity index (χ0n) is 22.2. The van der Waals surface area contributed by atoms with Crippen LogP contribution in [-0.4, -0.2) is 85.0 Å². The smallest absolute Gasteiger partial charge is 0.378 e. The van der Waals surface area contributed by atoms with Gasteiger partial charge in [0.05, 0.1) is 30.9 Å². The van der Waals surface area contributed by atoms with Crippen molar-refractivity contribution in [2.24, 2.45) is 0 Å². The third-order valence-electron chi connectivity index (χ3n) is 7.43. The fourth-order valence-electron chi connectivity index (χ4n) is 5.06. The average molecular weight is 572 g/mol. The molecule has 2 aromatic carbocycles. The number of ether oxygens (including phenoxy) is 1. The van der Waals surface area contributed by atoms with Gasteiger partial charge in [-0.05, 0) is 55.2 Å². The molecular weight excluding hydrogens is 540 g/mol. The van der Waals surface area contributed by atoms with Crippen molar-refractivity contribution >= 4 is 11.8 Å². The molecule has 0 aliphatic carbocycles. The minimum absolute atomic E-state index is 0.0124. The highest BCUT2D eigenvalue weighted by Gasteiger charge is 2.39. The predicted molar refractivity (Wildman–Crippen MR) is 135 cm³/mol. The number of benzene rings is 2. The van der Waals surface area contributed by atoms with E-state index in [1.54, 1.807) is 4.90 Å². The molecule has 0 spiro atoms. The van der Waals surface area contributed by atoms with Crippen LogP contribution >= 0.6 is 0 Å². The Morgan fingerprint density at radius 1 is 0.850 bits per heavy atom. The van der Waals surface area contributed by atoms with Gasteiger partial charge in [-0.25, -0.2) is 0 Å². The van der Waals surface area contributed by atoms with Crippen LogP contribution in [0.3, 0.4) is 0 Å². The molecule has 0 bridgehead atoms. The molecule has 2 aliphatic heterocycles. The third-order valence-corrected chi connectivity index (χ3v) is 7.43. The lowest BCUT2D eigenvalue weighted by atomic mass is 9.97. The van der Waals surface area contributed by atoms with Gasteiger partial charge in [-0.1, -0.05) is 18.2 Å². The van der Waals surface area contributed by atoms with Gasteiger partial charge >= 0.3 is 12.4 Å². The Labute approximate surface area is 228 Å². The Balaban J connectivity index is 1.62. The average Bonchev–Trinajstić information content (AvgIpc) is 2.90. The number of rotatable bonds is 5. The highest BCUT2D eigenvalue weighted by atomic mass is 19.4. The molecule has 2 amide bonds. The molecule has 4 rings (SSSR count). The standard InChI is InChI=1S/C28H31F6N3O3/c1-18-3-4-20(11-19(18)2)12-24-16-35(17-25(38)36-7-9-40-10-8-36)5-6-37(24)26(39)21-13-22(27(29,30)31)15-23(14-21)28(32,33)34/h3-4,11,13-15,24H,5-10,12,16-17H2,1-2H3. The van der Waals surface area contributed by atoms with Crippen LogP contribution in [0.25, 0.3) is 0 Å². The summed E-state index contributed by atoms with van der Waals surface area (Å²) < 4.78 is 86.0. The predicted octanol–water partition coefficient (Wildman–Crippen LogP) is 4.57. The van der Waals surface area contributed by atoms with Crippen molar-refractivity contribution in [1.29, 1.82) is 0 Å². The molecule has 2 aromatic rings. The Hall–Kier alpha value is -3.12. The van der Waals surface area contributed by atoms with E-state index in [0.717, 1.165) is 16.7 Å². The second-order valence-electron chi connectivity index (χ2n) is 10.3. The van der Waals surface area contributed by atoms with Gasteiger partial charge in [-0.15, -0.1) is 0 Å². The summed E-state index contributed by atoms with van der Waals surface area (Å²) >= 11 is 0. The maximum atomic E-state index is 13.5. The molecule has 1 atom stereocenters. The van der Waals surface area contributed by atoms with Crippen molar-refractivity contribution in [1.82, 2.24) is 14.7 Å². The van der Waals surface area contributed by atoms with Crippen LogP contribution in [-0.2, 0) is 28.3 Å². The maximum absolute atomic E-state index is 13.5. The van der Waals surface area contributed by atoms with Crippen LogP contribution in [0.1, 0.15) is 38.2 Å². The number of piperazine rings is 1. The number of hydrogen-bond acceptors (Lipinski definition) is 4. The molecule has 12 heteroatoms. The van der Waals surface area contributed by atoms with E-state index in [4.69, 9.17) is 4.74 Å². The van der Waals surface area contributed by atoms with E-state index in [-0.39, 0.29) is 38.2 Å². The van der Waals surface area contributed by atoms with Crippen LogP contribution in [0.15, 0.2) is 36.4 Å². The van der Waals surface area contributed by atoms with Crippen molar-refractivity contribution in [2.45, 2.75) is 38.7 Å². The molecule has 0 radical (unpaired) electrons. The molecule has 6 nitrogen and oxygen atoms in total. The number of carbonyl (C=O) groups is 2. The summed E-state index contributed by atoms with van der Waals surface area (Å²) in [5, 5.41) is 0. The van der Waals surface area contributed by atoms with Crippen LogP contribution in [0.2, 0.25) is 0 Å². The zero-order chi connectivity index (χ0) is 29.2. The molecule has 2 saturated heterocycles. The minimum atomic E-state index is -5.06. The third kappa shape index (κ3) is 7.14. The summed E-state index contributed by atoms with van der Waals surface area (Å²) in [6, 6.07) is 6.12.